The third-order valence-corrected chi connectivity index (χ3v) is 6.16. The van der Waals surface area contributed by atoms with E-state index in [0.717, 1.165) is 40.8 Å². The van der Waals surface area contributed by atoms with Gasteiger partial charge in [0.15, 0.2) is 11.5 Å². The van der Waals surface area contributed by atoms with Crippen molar-refractivity contribution < 1.29 is 14.3 Å². The minimum atomic E-state index is -0.524. The van der Waals surface area contributed by atoms with Gasteiger partial charge in [0, 0.05) is 22.8 Å². The van der Waals surface area contributed by atoms with Crippen molar-refractivity contribution in [2.75, 3.05) is 12.1 Å². The number of fused-ring (bicyclic) bond motifs is 1. The number of nitrogens with two attached hydrogens (primary N) is 1. The predicted molar refractivity (Wildman–Crippen MR) is 124 cm³/mol. The first-order valence-corrected chi connectivity index (χ1v) is 10.3. The van der Waals surface area contributed by atoms with Gasteiger partial charge in [-0.2, -0.15) is 0 Å². The molecule has 5 nitrogen and oxygen atoms in total. The quantitative estimate of drug-likeness (QED) is 0.553. The second-order valence-corrected chi connectivity index (χ2v) is 8.11. The maximum Gasteiger partial charge on any atom is 0.235 e. The Hall–Kier alpha value is -3.02. The zero-order valence-electron chi connectivity index (χ0n) is 16.3. The van der Waals surface area contributed by atoms with Gasteiger partial charge in [-0.15, -0.1) is 0 Å². The van der Waals surface area contributed by atoms with Crippen LogP contribution in [0.2, 0.25) is 5.02 Å². The highest BCUT2D eigenvalue weighted by molar-refractivity contribution is 6.33. The van der Waals surface area contributed by atoms with Crippen molar-refractivity contribution in [2.45, 2.75) is 32.2 Å². The molecule has 31 heavy (non-hydrogen) atoms. The van der Waals surface area contributed by atoms with Crippen LogP contribution in [0.15, 0.2) is 60.7 Å². The summed E-state index contributed by atoms with van der Waals surface area (Å²) in [4.78, 5) is 13.2. The molecule has 160 valence electrons. The number of ether oxygens (including phenoxy) is 2. The van der Waals surface area contributed by atoms with Crippen molar-refractivity contribution in [3.63, 3.8) is 0 Å². The topological polar surface area (TPSA) is 73.6 Å². The molecule has 1 fully saturated rings. The Labute approximate surface area is 187 Å². The highest BCUT2D eigenvalue weighted by atomic mass is 35.5. The van der Waals surface area contributed by atoms with Crippen molar-refractivity contribution in [3.05, 3.63) is 76.8 Å². The van der Waals surface area contributed by atoms with Crippen LogP contribution >= 0.6 is 11.6 Å². The molecule has 0 atom stereocenters. The lowest BCUT2D eigenvalue weighted by Gasteiger charge is -2.17. The van der Waals surface area contributed by atoms with Gasteiger partial charge in [0.1, 0.15) is 0 Å². The lowest BCUT2D eigenvalue weighted by molar-refractivity contribution is -0.118. The molecule has 1 heterocycles. The largest absolute Gasteiger partial charge is 0.454 e. The zero-order valence-corrected chi connectivity index (χ0v) is 17.0. The van der Waals surface area contributed by atoms with E-state index < -0.39 is 5.41 Å². The summed E-state index contributed by atoms with van der Waals surface area (Å²) in [7, 11) is 0. The molecule has 0 radical (unpaired) electrons. The molecule has 0 aromatic heterocycles. The van der Waals surface area contributed by atoms with Gasteiger partial charge in [-0.3, -0.25) is 4.79 Å². The molecule has 2 aliphatic rings. The normalized spacial score (nSPS) is 15.2. The maximum atomic E-state index is 13.2. The number of nitrogens with one attached hydrogen (secondary N) is 1. The number of rotatable bonds is 5. The zero-order chi connectivity index (χ0) is 20.7. The molecule has 3 aromatic carbocycles. The van der Waals surface area contributed by atoms with E-state index in [4.69, 9.17) is 26.8 Å². The predicted octanol–water partition coefficient (Wildman–Crippen LogP) is 5.50. The number of hydrogen-bond donors (Lipinski definition) is 2. The number of hydrogen-bond acceptors (Lipinski definition) is 4. The van der Waals surface area contributed by atoms with Gasteiger partial charge < -0.3 is 20.5 Å². The van der Waals surface area contributed by atoms with Crippen molar-refractivity contribution in [1.29, 1.82) is 0 Å². The van der Waals surface area contributed by atoms with E-state index in [-0.39, 0.29) is 20.1 Å². The second-order valence-electron chi connectivity index (χ2n) is 7.70. The summed E-state index contributed by atoms with van der Waals surface area (Å²) in [6.07, 6.45) is 1.61. The monoisotopic (exact) mass is 436 g/mol. The Morgan fingerprint density at radius 2 is 1.74 bits per heavy atom. The average molecular weight is 437 g/mol. The Morgan fingerprint density at radius 1 is 1.00 bits per heavy atom. The lowest BCUT2D eigenvalue weighted by atomic mass is 9.94. The Bertz CT molecular complexity index is 1120. The van der Waals surface area contributed by atoms with Crippen LogP contribution in [0.5, 0.6) is 11.5 Å². The van der Waals surface area contributed by atoms with Crippen LogP contribution in [0.25, 0.3) is 11.1 Å². The van der Waals surface area contributed by atoms with Crippen molar-refractivity contribution in [1.82, 2.24) is 0 Å². The molecule has 0 saturated heterocycles. The van der Waals surface area contributed by atoms with E-state index >= 15 is 0 Å². The Kier molecular flexibility index (Phi) is 5.65. The van der Waals surface area contributed by atoms with E-state index in [9.17, 15) is 4.79 Å². The molecule has 0 unspecified atom stereocenters. The Balaban J connectivity index is 0.00000231. The van der Waals surface area contributed by atoms with E-state index in [1.54, 1.807) is 0 Å². The van der Waals surface area contributed by atoms with Gasteiger partial charge in [-0.25, -0.2) is 0 Å². The van der Waals surface area contributed by atoms with E-state index in [1.807, 2.05) is 60.7 Å². The van der Waals surface area contributed by atoms with Gasteiger partial charge >= 0.3 is 0 Å². The third kappa shape index (κ3) is 3.87. The minimum absolute atomic E-state index is 0. The summed E-state index contributed by atoms with van der Waals surface area (Å²) in [5.74, 6) is 1.40. The highest BCUT2D eigenvalue weighted by Gasteiger charge is 2.51. The first kappa shape index (κ1) is 21.2. The highest BCUT2D eigenvalue weighted by Crippen LogP contribution is 2.51. The molecule has 0 bridgehead atoms. The van der Waals surface area contributed by atoms with Crippen LogP contribution in [0.1, 0.15) is 31.4 Å². The number of anilines is 1. The molecule has 3 N–H and O–H groups in total. The summed E-state index contributed by atoms with van der Waals surface area (Å²) in [6, 6.07) is 19.2. The third-order valence-electron chi connectivity index (χ3n) is 5.83. The standard InChI is InChI=1S/C24H21ClN2O3.CH4/c25-20-7-6-18(12-19(20)16-3-1-15(13-26)2-4-16)27-23(28)24(9-10-24)17-5-8-21-22(11-17)30-14-29-21;/h1-8,11-12H,9-10,13-14,26H2,(H,27,28);1H4. The molecule has 0 spiro atoms. The van der Waals surface area contributed by atoms with Crippen LogP contribution in [-0.4, -0.2) is 12.7 Å². The Morgan fingerprint density at radius 3 is 2.45 bits per heavy atom. The van der Waals surface area contributed by atoms with E-state index in [1.165, 1.54) is 0 Å². The fraction of sp³-hybridized carbons (Fsp3) is 0.240. The lowest BCUT2D eigenvalue weighted by Crippen LogP contribution is -2.27. The average Bonchev–Trinajstić information content (AvgIpc) is 3.46. The summed E-state index contributed by atoms with van der Waals surface area (Å²) in [6.45, 7) is 0.712. The number of amides is 1. The van der Waals surface area contributed by atoms with Crippen LogP contribution in [0.4, 0.5) is 5.69 Å². The SMILES string of the molecule is C.NCc1ccc(-c2cc(NC(=O)C3(c4ccc5c(c4)OCO5)CC3)ccc2Cl)cc1. The molecule has 1 aliphatic heterocycles. The number of carbonyl (C=O) groups excluding carboxylic acids is 1. The summed E-state index contributed by atoms with van der Waals surface area (Å²) in [5.41, 5.74) is 9.73. The van der Waals surface area contributed by atoms with Gasteiger partial charge in [0.2, 0.25) is 12.7 Å². The second kappa shape index (κ2) is 8.25. The molecule has 1 aliphatic carbocycles. The molecule has 6 heteroatoms. The van der Waals surface area contributed by atoms with Crippen molar-refractivity contribution in [2.24, 2.45) is 5.73 Å². The van der Waals surface area contributed by atoms with Gasteiger partial charge in [-0.1, -0.05) is 49.4 Å². The van der Waals surface area contributed by atoms with Crippen LogP contribution in [0.3, 0.4) is 0 Å². The first-order valence-electron chi connectivity index (χ1n) is 9.90. The summed E-state index contributed by atoms with van der Waals surface area (Å²) >= 11 is 6.43. The maximum absolute atomic E-state index is 13.2. The molecule has 5 rings (SSSR count). The van der Waals surface area contributed by atoms with Crippen LogP contribution in [0, 0.1) is 0 Å². The van der Waals surface area contributed by atoms with Crippen LogP contribution in [-0.2, 0) is 16.8 Å². The van der Waals surface area contributed by atoms with Crippen LogP contribution < -0.4 is 20.5 Å². The van der Waals surface area contributed by atoms with E-state index in [2.05, 4.69) is 5.32 Å². The van der Waals surface area contributed by atoms with Crippen molar-refractivity contribution >= 4 is 23.2 Å². The van der Waals surface area contributed by atoms with E-state index in [0.29, 0.717) is 23.0 Å². The minimum Gasteiger partial charge on any atom is -0.454 e. The first-order chi connectivity index (χ1) is 14.6. The molecule has 3 aromatic rings. The van der Waals surface area contributed by atoms with Gasteiger partial charge in [-0.05, 0) is 59.9 Å². The molecular weight excluding hydrogens is 412 g/mol. The fourth-order valence-corrected chi connectivity index (χ4v) is 4.09. The molecule has 1 amide bonds. The van der Waals surface area contributed by atoms with Gasteiger partial charge in [0.05, 0.1) is 5.41 Å². The summed E-state index contributed by atoms with van der Waals surface area (Å²) in [5, 5.41) is 3.71. The van der Waals surface area contributed by atoms with Gasteiger partial charge in [0.25, 0.3) is 0 Å². The number of carbonyl (C=O) groups is 1. The number of benzene rings is 3. The molecular formula is C25H25ClN2O3. The molecule has 1 saturated carbocycles. The summed E-state index contributed by atoms with van der Waals surface area (Å²) < 4.78 is 10.9. The van der Waals surface area contributed by atoms with Crippen molar-refractivity contribution in [3.8, 4) is 22.6 Å². The fourth-order valence-electron chi connectivity index (χ4n) is 3.86. The smallest absolute Gasteiger partial charge is 0.235 e. The number of halogens is 1.